The summed E-state index contributed by atoms with van der Waals surface area (Å²) in [6, 6.07) is 9.75. The van der Waals surface area contributed by atoms with Crippen LogP contribution < -0.4 is 5.32 Å². The quantitative estimate of drug-likeness (QED) is 0.781. The monoisotopic (exact) mass is 216 g/mol. The minimum absolute atomic E-state index is 0.0450. The Kier molecular flexibility index (Phi) is 2.95. The van der Waals surface area contributed by atoms with Crippen LogP contribution in [0.2, 0.25) is 0 Å². The number of benzene rings is 1. The molecule has 1 aliphatic heterocycles. The molecule has 1 atom stereocenters. The van der Waals surface area contributed by atoms with E-state index < -0.39 is 0 Å². The highest BCUT2D eigenvalue weighted by atomic mass is 16.5. The summed E-state index contributed by atoms with van der Waals surface area (Å²) in [7, 11) is 0. The lowest BCUT2D eigenvalue weighted by molar-refractivity contribution is -0.0229. The molecule has 1 N–H and O–H groups in total. The van der Waals surface area contributed by atoms with E-state index in [-0.39, 0.29) is 11.6 Å². The second-order valence-corrected chi connectivity index (χ2v) is 4.80. The van der Waals surface area contributed by atoms with E-state index in [4.69, 9.17) is 10.00 Å². The van der Waals surface area contributed by atoms with E-state index in [2.05, 4.69) is 25.2 Å². The van der Waals surface area contributed by atoms with Crippen LogP contribution in [0.15, 0.2) is 24.3 Å². The highest BCUT2D eigenvalue weighted by Crippen LogP contribution is 2.23. The molecule has 84 valence electrons. The summed E-state index contributed by atoms with van der Waals surface area (Å²) in [6.45, 7) is 5.72. The molecule has 2 rings (SSSR count). The predicted molar refractivity (Wildman–Crippen MR) is 61.9 cm³/mol. The highest BCUT2D eigenvalue weighted by molar-refractivity contribution is 5.34. The maximum atomic E-state index is 8.84. The number of ether oxygens (including phenoxy) is 1. The Morgan fingerprint density at radius 2 is 2.31 bits per heavy atom. The Morgan fingerprint density at radius 3 is 2.94 bits per heavy atom. The zero-order valence-corrected chi connectivity index (χ0v) is 9.66. The van der Waals surface area contributed by atoms with Crippen molar-refractivity contribution in [3.8, 4) is 6.07 Å². The van der Waals surface area contributed by atoms with Crippen LogP contribution in [-0.4, -0.2) is 18.7 Å². The maximum Gasteiger partial charge on any atom is 0.0991 e. The molecule has 1 aromatic rings. The van der Waals surface area contributed by atoms with Crippen LogP contribution in [0.4, 0.5) is 0 Å². The van der Waals surface area contributed by atoms with Gasteiger partial charge in [-0.2, -0.15) is 5.26 Å². The van der Waals surface area contributed by atoms with Crippen LogP contribution in [0.5, 0.6) is 0 Å². The molecule has 0 spiro atoms. The van der Waals surface area contributed by atoms with Gasteiger partial charge in [0.1, 0.15) is 0 Å². The van der Waals surface area contributed by atoms with Crippen LogP contribution in [0.1, 0.15) is 31.1 Å². The Bertz CT molecular complexity index is 410. The average Bonchev–Trinajstić information content (AvgIpc) is 2.29. The highest BCUT2D eigenvalue weighted by Gasteiger charge is 2.27. The fraction of sp³-hybridized carbons (Fsp3) is 0.462. The van der Waals surface area contributed by atoms with Crippen LogP contribution in [0.25, 0.3) is 0 Å². The summed E-state index contributed by atoms with van der Waals surface area (Å²) in [4.78, 5) is 0. The van der Waals surface area contributed by atoms with Crippen LogP contribution in [0, 0.1) is 11.3 Å². The van der Waals surface area contributed by atoms with Gasteiger partial charge in [0.05, 0.1) is 24.3 Å². The van der Waals surface area contributed by atoms with Gasteiger partial charge in [0.2, 0.25) is 0 Å². The van der Waals surface area contributed by atoms with Crippen molar-refractivity contribution in [1.82, 2.24) is 5.32 Å². The van der Waals surface area contributed by atoms with E-state index >= 15 is 0 Å². The Labute approximate surface area is 96.0 Å². The van der Waals surface area contributed by atoms with Crippen LogP contribution >= 0.6 is 0 Å². The van der Waals surface area contributed by atoms with E-state index in [9.17, 15) is 0 Å². The first-order valence-corrected chi connectivity index (χ1v) is 5.47. The molecule has 3 nitrogen and oxygen atoms in total. The summed E-state index contributed by atoms with van der Waals surface area (Å²) < 4.78 is 5.81. The van der Waals surface area contributed by atoms with Gasteiger partial charge in [0.25, 0.3) is 0 Å². The lowest BCUT2D eigenvalue weighted by Crippen LogP contribution is -2.50. The summed E-state index contributed by atoms with van der Waals surface area (Å²) in [5.74, 6) is 0. The van der Waals surface area contributed by atoms with Crippen molar-refractivity contribution in [2.75, 3.05) is 13.2 Å². The number of rotatable bonds is 1. The van der Waals surface area contributed by atoms with Crippen LogP contribution in [0.3, 0.4) is 0 Å². The van der Waals surface area contributed by atoms with Gasteiger partial charge in [0, 0.05) is 12.1 Å². The summed E-state index contributed by atoms with van der Waals surface area (Å²) in [5, 5.41) is 12.3. The van der Waals surface area contributed by atoms with E-state index in [0.717, 1.165) is 12.1 Å². The topological polar surface area (TPSA) is 45.0 Å². The van der Waals surface area contributed by atoms with E-state index in [1.54, 1.807) is 0 Å². The van der Waals surface area contributed by atoms with Crippen molar-refractivity contribution in [2.45, 2.75) is 25.5 Å². The minimum atomic E-state index is 0.0450. The Hall–Kier alpha value is -1.37. The SMILES string of the molecule is CC1(C)COC(c2cccc(C#N)c2)CN1. The number of morpholine rings is 1. The number of nitriles is 1. The fourth-order valence-corrected chi connectivity index (χ4v) is 1.81. The molecule has 1 saturated heterocycles. The van der Waals surface area contributed by atoms with Crippen molar-refractivity contribution < 1.29 is 4.74 Å². The molecular formula is C13H16N2O. The van der Waals surface area contributed by atoms with Gasteiger partial charge >= 0.3 is 0 Å². The molecule has 1 aromatic carbocycles. The van der Waals surface area contributed by atoms with E-state index in [0.29, 0.717) is 12.2 Å². The number of nitrogens with one attached hydrogen (secondary N) is 1. The first kappa shape index (κ1) is 11.1. The molecule has 0 amide bonds. The molecule has 3 heteroatoms. The van der Waals surface area contributed by atoms with Crippen LogP contribution in [-0.2, 0) is 4.74 Å². The molecule has 1 aliphatic rings. The maximum absolute atomic E-state index is 8.84. The molecule has 1 heterocycles. The average molecular weight is 216 g/mol. The van der Waals surface area contributed by atoms with Crippen molar-refractivity contribution in [3.63, 3.8) is 0 Å². The van der Waals surface area contributed by atoms with Gasteiger partial charge in [-0.25, -0.2) is 0 Å². The zero-order chi connectivity index (χ0) is 11.6. The summed E-state index contributed by atoms with van der Waals surface area (Å²) >= 11 is 0. The van der Waals surface area contributed by atoms with E-state index in [1.807, 2.05) is 24.3 Å². The Morgan fingerprint density at radius 1 is 1.50 bits per heavy atom. The van der Waals surface area contributed by atoms with Crippen molar-refractivity contribution in [2.24, 2.45) is 0 Å². The van der Waals surface area contributed by atoms with Gasteiger partial charge < -0.3 is 10.1 Å². The van der Waals surface area contributed by atoms with E-state index in [1.165, 1.54) is 0 Å². The Balaban J connectivity index is 2.11. The zero-order valence-electron chi connectivity index (χ0n) is 9.66. The number of hydrogen-bond donors (Lipinski definition) is 1. The van der Waals surface area contributed by atoms with Gasteiger partial charge in [-0.1, -0.05) is 12.1 Å². The minimum Gasteiger partial charge on any atom is -0.370 e. The van der Waals surface area contributed by atoms with Gasteiger partial charge in [-0.15, -0.1) is 0 Å². The molecule has 0 saturated carbocycles. The van der Waals surface area contributed by atoms with Gasteiger partial charge in [0.15, 0.2) is 0 Å². The molecular weight excluding hydrogens is 200 g/mol. The third-order valence-corrected chi connectivity index (χ3v) is 2.80. The van der Waals surface area contributed by atoms with Gasteiger partial charge in [-0.05, 0) is 31.5 Å². The second kappa shape index (κ2) is 4.25. The lowest BCUT2D eigenvalue weighted by Gasteiger charge is -2.36. The summed E-state index contributed by atoms with van der Waals surface area (Å²) in [5.41, 5.74) is 1.80. The second-order valence-electron chi connectivity index (χ2n) is 4.80. The molecule has 16 heavy (non-hydrogen) atoms. The number of nitrogens with zero attached hydrogens (tertiary/aromatic N) is 1. The molecule has 0 aliphatic carbocycles. The molecule has 1 fully saturated rings. The third-order valence-electron chi connectivity index (χ3n) is 2.80. The lowest BCUT2D eigenvalue weighted by atomic mass is 10.0. The largest absolute Gasteiger partial charge is 0.370 e. The smallest absolute Gasteiger partial charge is 0.0991 e. The normalized spacial score (nSPS) is 23.7. The first-order chi connectivity index (χ1) is 7.61. The van der Waals surface area contributed by atoms with Crippen molar-refractivity contribution in [1.29, 1.82) is 5.26 Å². The molecule has 0 radical (unpaired) electrons. The number of hydrogen-bond acceptors (Lipinski definition) is 3. The van der Waals surface area contributed by atoms with Gasteiger partial charge in [-0.3, -0.25) is 0 Å². The molecule has 1 unspecified atom stereocenters. The molecule has 0 bridgehead atoms. The van der Waals surface area contributed by atoms with Crippen molar-refractivity contribution >= 4 is 0 Å². The van der Waals surface area contributed by atoms with Crippen molar-refractivity contribution in [3.05, 3.63) is 35.4 Å². The molecule has 0 aromatic heterocycles. The standard InChI is InChI=1S/C13H16N2O/c1-13(2)9-16-12(8-15-13)11-5-3-4-10(6-11)7-14/h3-6,12,15H,8-9H2,1-2H3. The fourth-order valence-electron chi connectivity index (χ4n) is 1.81. The summed E-state index contributed by atoms with van der Waals surface area (Å²) in [6.07, 6.45) is 0.0568. The third kappa shape index (κ3) is 2.41. The first-order valence-electron chi connectivity index (χ1n) is 5.47. The predicted octanol–water partition coefficient (Wildman–Crippen LogP) is 2.00.